The van der Waals surface area contributed by atoms with Gasteiger partial charge in [0.05, 0.1) is 12.5 Å². The SMILES string of the molecule is CNC(=O)N1CCCCCNC(=O)CC1c1ccccc1. The third-order valence-electron chi connectivity index (χ3n) is 3.81. The summed E-state index contributed by atoms with van der Waals surface area (Å²) < 4.78 is 0. The highest BCUT2D eigenvalue weighted by Crippen LogP contribution is 2.25. The number of benzene rings is 1. The van der Waals surface area contributed by atoms with Gasteiger partial charge in [0.15, 0.2) is 0 Å². The van der Waals surface area contributed by atoms with Crippen LogP contribution in [-0.4, -0.2) is 37.0 Å². The molecule has 1 heterocycles. The fraction of sp³-hybridized carbons (Fsp3) is 0.500. The third-order valence-corrected chi connectivity index (χ3v) is 3.81. The van der Waals surface area contributed by atoms with Gasteiger partial charge in [0.25, 0.3) is 0 Å². The van der Waals surface area contributed by atoms with Crippen molar-refractivity contribution >= 4 is 11.9 Å². The van der Waals surface area contributed by atoms with E-state index in [0.29, 0.717) is 13.0 Å². The molecule has 0 saturated carbocycles. The molecule has 1 unspecified atom stereocenters. The van der Waals surface area contributed by atoms with Crippen molar-refractivity contribution in [2.45, 2.75) is 31.7 Å². The fourth-order valence-electron chi connectivity index (χ4n) is 2.69. The number of rotatable bonds is 1. The minimum Gasteiger partial charge on any atom is -0.356 e. The highest BCUT2D eigenvalue weighted by Gasteiger charge is 2.27. The van der Waals surface area contributed by atoms with E-state index in [1.807, 2.05) is 30.3 Å². The van der Waals surface area contributed by atoms with Crippen LogP contribution in [0.2, 0.25) is 0 Å². The van der Waals surface area contributed by atoms with Crippen LogP contribution in [-0.2, 0) is 4.79 Å². The number of amides is 3. The molecule has 1 saturated heterocycles. The van der Waals surface area contributed by atoms with Crippen molar-refractivity contribution in [1.82, 2.24) is 15.5 Å². The van der Waals surface area contributed by atoms with E-state index >= 15 is 0 Å². The van der Waals surface area contributed by atoms with Crippen LogP contribution in [0, 0.1) is 0 Å². The number of carbonyl (C=O) groups is 2. The van der Waals surface area contributed by atoms with Gasteiger partial charge in [0.1, 0.15) is 0 Å². The molecule has 1 atom stereocenters. The summed E-state index contributed by atoms with van der Waals surface area (Å²) >= 11 is 0. The second-order valence-electron chi connectivity index (χ2n) is 5.29. The molecule has 0 radical (unpaired) electrons. The van der Waals surface area contributed by atoms with E-state index in [1.165, 1.54) is 0 Å². The zero-order chi connectivity index (χ0) is 15.1. The molecular formula is C16H23N3O2. The Balaban J connectivity index is 2.28. The van der Waals surface area contributed by atoms with Crippen LogP contribution in [0.4, 0.5) is 4.79 Å². The van der Waals surface area contributed by atoms with Crippen LogP contribution < -0.4 is 10.6 Å². The third kappa shape index (κ3) is 4.21. The number of carbonyl (C=O) groups excluding carboxylic acids is 2. The standard InChI is InChI=1S/C16H23N3O2/c1-17-16(21)19-11-7-3-6-10-18-15(20)12-14(19)13-8-4-2-5-9-13/h2,4-5,8-9,14H,3,6-7,10-12H2,1H3,(H,17,21)(H,18,20). The number of hydrogen-bond acceptors (Lipinski definition) is 2. The lowest BCUT2D eigenvalue weighted by atomic mass is 10.0. The molecule has 5 nitrogen and oxygen atoms in total. The lowest BCUT2D eigenvalue weighted by Gasteiger charge is -2.32. The van der Waals surface area contributed by atoms with Crippen molar-refractivity contribution in [1.29, 1.82) is 0 Å². The maximum atomic E-state index is 12.2. The Bertz CT molecular complexity index is 476. The largest absolute Gasteiger partial charge is 0.356 e. The molecule has 0 bridgehead atoms. The molecule has 0 aliphatic carbocycles. The summed E-state index contributed by atoms with van der Waals surface area (Å²) in [5.74, 6) is -0.000318. The monoisotopic (exact) mass is 289 g/mol. The van der Waals surface area contributed by atoms with Crippen LogP contribution in [0.5, 0.6) is 0 Å². The molecule has 1 fully saturated rings. The molecule has 1 aliphatic heterocycles. The van der Waals surface area contributed by atoms with Crippen molar-refractivity contribution in [2.75, 3.05) is 20.1 Å². The second kappa shape index (κ2) is 7.67. The van der Waals surface area contributed by atoms with Gasteiger partial charge in [0, 0.05) is 20.1 Å². The van der Waals surface area contributed by atoms with E-state index in [9.17, 15) is 9.59 Å². The second-order valence-corrected chi connectivity index (χ2v) is 5.29. The first-order valence-corrected chi connectivity index (χ1v) is 7.52. The van der Waals surface area contributed by atoms with Gasteiger partial charge in [-0.2, -0.15) is 0 Å². The van der Waals surface area contributed by atoms with Crippen LogP contribution in [0.15, 0.2) is 30.3 Å². The average Bonchev–Trinajstić information content (AvgIpc) is 2.53. The summed E-state index contributed by atoms with van der Waals surface area (Å²) in [6.07, 6.45) is 3.22. The first kappa shape index (κ1) is 15.4. The van der Waals surface area contributed by atoms with E-state index < -0.39 is 0 Å². The van der Waals surface area contributed by atoms with Crippen LogP contribution in [0.1, 0.15) is 37.3 Å². The summed E-state index contributed by atoms with van der Waals surface area (Å²) in [5.41, 5.74) is 0.997. The summed E-state index contributed by atoms with van der Waals surface area (Å²) in [6, 6.07) is 9.41. The predicted octanol–water partition coefficient (Wildman–Crippen LogP) is 2.06. The molecule has 2 N–H and O–H groups in total. The first-order valence-electron chi connectivity index (χ1n) is 7.52. The Morgan fingerprint density at radius 2 is 2.00 bits per heavy atom. The lowest BCUT2D eigenvalue weighted by Crippen LogP contribution is -2.43. The van der Waals surface area contributed by atoms with Crippen molar-refractivity contribution < 1.29 is 9.59 Å². The average molecular weight is 289 g/mol. The van der Waals surface area contributed by atoms with Crippen molar-refractivity contribution in [3.8, 4) is 0 Å². The molecule has 2 rings (SSSR count). The van der Waals surface area contributed by atoms with Crippen molar-refractivity contribution in [2.24, 2.45) is 0 Å². The minimum absolute atomic E-state index is 0.000318. The minimum atomic E-state index is -0.218. The quantitative estimate of drug-likeness (QED) is 0.831. The van der Waals surface area contributed by atoms with Crippen LogP contribution in [0.25, 0.3) is 0 Å². The fourth-order valence-corrected chi connectivity index (χ4v) is 2.69. The molecule has 1 aromatic carbocycles. The Morgan fingerprint density at radius 1 is 1.24 bits per heavy atom. The van der Waals surface area contributed by atoms with Crippen LogP contribution >= 0.6 is 0 Å². The Labute approximate surface area is 125 Å². The van der Waals surface area contributed by atoms with Crippen molar-refractivity contribution in [3.05, 3.63) is 35.9 Å². The molecular weight excluding hydrogens is 266 g/mol. The highest BCUT2D eigenvalue weighted by molar-refractivity contribution is 5.79. The Kier molecular flexibility index (Phi) is 5.60. The van der Waals surface area contributed by atoms with Gasteiger partial charge in [-0.05, 0) is 24.8 Å². The first-order chi connectivity index (χ1) is 10.2. The zero-order valence-electron chi connectivity index (χ0n) is 12.5. The van der Waals surface area contributed by atoms with Crippen molar-refractivity contribution in [3.63, 3.8) is 0 Å². The smallest absolute Gasteiger partial charge is 0.317 e. The van der Waals surface area contributed by atoms with Gasteiger partial charge in [-0.15, -0.1) is 0 Å². The Hall–Kier alpha value is -2.04. The van der Waals surface area contributed by atoms with E-state index in [4.69, 9.17) is 0 Å². The lowest BCUT2D eigenvalue weighted by molar-refractivity contribution is -0.122. The van der Waals surface area contributed by atoms with Gasteiger partial charge in [-0.3, -0.25) is 4.79 Å². The molecule has 5 heteroatoms. The number of nitrogens with zero attached hydrogens (tertiary/aromatic N) is 1. The predicted molar refractivity (Wildman–Crippen MR) is 81.8 cm³/mol. The summed E-state index contributed by atoms with van der Waals surface area (Å²) in [4.78, 5) is 26.1. The van der Waals surface area contributed by atoms with E-state index in [0.717, 1.165) is 31.4 Å². The number of hydrogen-bond donors (Lipinski definition) is 2. The Morgan fingerprint density at radius 3 is 2.71 bits per heavy atom. The number of nitrogens with one attached hydrogen (secondary N) is 2. The topological polar surface area (TPSA) is 61.4 Å². The molecule has 0 aromatic heterocycles. The van der Waals surface area contributed by atoms with Gasteiger partial charge < -0.3 is 15.5 Å². The molecule has 0 spiro atoms. The molecule has 1 aromatic rings. The zero-order valence-corrected chi connectivity index (χ0v) is 12.5. The molecule has 1 aliphatic rings. The van der Waals surface area contributed by atoms with Gasteiger partial charge in [-0.1, -0.05) is 30.3 Å². The van der Waals surface area contributed by atoms with Gasteiger partial charge in [0.2, 0.25) is 5.91 Å². The maximum Gasteiger partial charge on any atom is 0.317 e. The normalized spacial score (nSPS) is 20.5. The highest BCUT2D eigenvalue weighted by atomic mass is 16.2. The van der Waals surface area contributed by atoms with Gasteiger partial charge >= 0.3 is 6.03 Å². The number of urea groups is 1. The van der Waals surface area contributed by atoms with Crippen LogP contribution in [0.3, 0.4) is 0 Å². The summed E-state index contributed by atoms with van der Waals surface area (Å²) in [7, 11) is 1.63. The summed E-state index contributed by atoms with van der Waals surface area (Å²) in [6.45, 7) is 1.40. The van der Waals surface area contributed by atoms with E-state index in [2.05, 4.69) is 10.6 Å². The van der Waals surface area contributed by atoms with Gasteiger partial charge in [-0.25, -0.2) is 4.79 Å². The molecule has 114 valence electrons. The van der Waals surface area contributed by atoms with E-state index in [1.54, 1.807) is 11.9 Å². The summed E-state index contributed by atoms with van der Waals surface area (Å²) in [5, 5.41) is 5.62. The molecule has 21 heavy (non-hydrogen) atoms. The maximum absolute atomic E-state index is 12.2. The molecule has 3 amide bonds. The van der Waals surface area contributed by atoms with E-state index in [-0.39, 0.29) is 18.0 Å².